The molecule has 152 valence electrons. The van der Waals surface area contributed by atoms with E-state index >= 15 is 0 Å². The maximum Gasteiger partial charge on any atom is 0.194 e. The first-order chi connectivity index (χ1) is 12.5. The quantitative estimate of drug-likeness (QED) is 0.405. The highest BCUT2D eigenvalue weighted by Crippen LogP contribution is 2.52. The van der Waals surface area contributed by atoms with E-state index in [1.54, 1.807) is 0 Å². The van der Waals surface area contributed by atoms with E-state index in [4.69, 9.17) is 9.73 Å². The topological polar surface area (TPSA) is 54.7 Å². The van der Waals surface area contributed by atoms with Crippen LogP contribution in [0.4, 0.5) is 0 Å². The van der Waals surface area contributed by atoms with Gasteiger partial charge in [-0.1, -0.05) is 20.8 Å². The second kappa shape index (κ2) is 8.27. The maximum absolute atomic E-state index is 5.96. The Kier molecular flexibility index (Phi) is 6.40. The molecule has 27 heavy (non-hydrogen) atoms. The molecule has 0 radical (unpaired) electrons. The van der Waals surface area contributed by atoms with E-state index in [0.29, 0.717) is 30.0 Å². The van der Waals surface area contributed by atoms with Gasteiger partial charge in [-0.15, -0.1) is 24.0 Å². The molecule has 2 saturated heterocycles. The van der Waals surface area contributed by atoms with E-state index in [0.717, 1.165) is 32.2 Å². The van der Waals surface area contributed by atoms with Crippen LogP contribution in [0.25, 0.3) is 0 Å². The van der Waals surface area contributed by atoms with E-state index in [9.17, 15) is 0 Å². The molecule has 0 aromatic carbocycles. The highest BCUT2D eigenvalue weighted by atomic mass is 127. The lowest BCUT2D eigenvalue weighted by Gasteiger charge is -2.55. The number of hydrogen-bond donors (Lipinski definition) is 1. The molecule has 1 aromatic heterocycles. The Morgan fingerprint density at radius 2 is 2.19 bits per heavy atom. The number of halogens is 1. The molecule has 0 bridgehead atoms. The predicted molar refractivity (Wildman–Crippen MR) is 119 cm³/mol. The summed E-state index contributed by atoms with van der Waals surface area (Å²) in [6.45, 7) is 12.9. The second-order valence-electron chi connectivity index (χ2n) is 8.77. The van der Waals surface area contributed by atoms with Crippen molar-refractivity contribution in [3.63, 3.8) is 0 Å². The zero-order valence-electron chi connectivity index (χ0n) is 17.0. The third kappa shape index (κ3) is 3.73. The van der Waals surface area contributed by atoms with Crippen molar-refractivity contribution in [1.82, 2.24) is 19.8 Å². The summed E-state index contributed by atoms with van der Waals surface area (Å²) in [5.74, 6) is 2.35. The van der Waals surface area contributed by atoms with E-state index in [1.165, 1.54) is 12.8 Å². The Morgan fingerprint density at radius 1 is 1.37 bits per heavy atom. The Balaban J connectivity index is 0.00000210. The fraction of sp³-hybridized carbons (Fsp3) is 0.800. The fourth-order valence-corrected chi connectivity index (χ4v) is 5.24. The molecule has 3 heterocycles. The molecule has 1 saturated carbocycles. The molecular weight excluding hydrogens is 453 g/mol. The summed E-state index contributed by atoms with van der Waals surface area (Å²) in [5.41, 5.74) is 0.169. The van der Waals surface area contributed by atoms with Crippen LogP contribution < -0.4 is 5.32 Å². The minimum Gasteiger partial charge on any atom is -0.377 e. The Labute approximate surface area is 180 Å². The predicted octanol–water partition coefficient (Wildman–Crippen LogP) is 3.16. The van der Waals surface area contributed by atoms with Gasteiger partial charge >= 0.3 is 0 Å². The smallest absolute Gasteiger partial charge is 0.194 e. The average Bonchev–Trinajstić information content (AvgIpc) is 3.29. The summed E-state index contributed by atoms with van der Waals surface area (Å²) in [7, 11) is 0. The first-order valence-electron chi connectivity index (χ1n) is 10.2. The van der Waals surface area contributed by atoms with Gasteiger partial charge in [0.25, 0.3) is 0 Å². The van der Waals surface area contributed by atoms with Crippen LogP contribution in [0.2, 0.25) is 0 Å². The van der Waals surface area contributed by atoms with Gasteiger partial charge in [0, 0.05) is 56.0 Å². The van der Waals surface area contributed by atoms with Gasteiger partial charge in [-0.2, -0.15) is 0 Å². The molecular formula is C20H34IN5O. The SMILES string of the molecule is CCN=C(NC1C2CCOC2C1(C)C)N1CCC(C)C(n2ccnc2)C1.I. The number of aromatic nitrogens is 2. The van der Waals surface area contributed by atoms with Crippen LogP contribution in [0, 0.1) is 17.3 Å². The molecule has 6 nitrogen and oxygen atoms in total. The van der Waals surface area contributed by atoms with Gasteiger partial charge in [-0.05, 0) is 25.7 Å². The van der Waals surface area contributed by atoms with Crippen molar-refractivity contribution in [2.24, 2.45) is 22.2 Å². The second-order valence-corrected chi connectivity index (χ2v) is 8.77. The molecule has 3 fully saturated rings. The lowest BCUT2D eigenvalue weighted by Crippen LogP contribution is -2.68. The van der Waals surface area contributed by atoms with Crippen LogP contribution in [0.5, 0.6) is 0 Å². The Bertz CT molecular complexity index is 647. The molecule has 1 aromatic rings. The van der Waals surface area contributed by atoms with Gasteiger partial charge in [-0.25, -0.2) is 4.98 Å². The summed E-state index contributed by atoms with van der Waals surface area (Å²) < 4.78 is 8.22. The number of ether oxygens (including phenoxy) is 1. The largest absolute Gasteiger partial charge is 0.377 e. The minimum absolute atomic E-state index is 0. The van der Waals surface area contributed by atoms with E-state index in [1.807, 2.05) is 12.5 Å². The number of nitrogens with zero attached hydrogens (tertiary/aromatic N) is 4. The third-order valence-corrected chi connectivity index (χ3v) is 6.82. The van der Waals surface area contributed by atoms with Crippen molar-refractivity contribution < 1.29 is 4.74 Å². The van der Waals surface area contributed by atoms with Crippen LogP contribution in [0.3, 0.4) is 0 Å². The Morgan fingerprint density at radius 3 is 2.89 bits per heavy atom. The normalized spacial score (nSPS) is 35.2. The molecule has 7 heteroatoms. The van der Waals surface area contributed by atoms with Crippen molar-refractivity contribution in [3.8, 4) is 0 Å². The van der Waals surface area contributed by atoms with Crippen molar-refractivity contribution in [2.75, 3.05) is 26.2 Å². The van der Waals surface area contributed by atoms with E-state index in [2.05, 4.69) is 53.7 Å². The number of piperidine rings is 1. The van der Waals surface area contributed by atoms with Gasteiger partial charge in [0.2, 0.25) is 0 Å². The van der Waals surface area contributed by atoms with Crippen molar-refractivity contribution in [3.05, 3.63) is 18.7 Å². The average molecular weight is 487 g/mol. The number of aliphatic imine (C=N–C) groups is 1. The number of likely N-dealkylation sites (tertiary alicyclic amines) is 1. The summed E-state index contributed by atoms with van der Waals surface area (Å²) in [6, 6.07) is 0.901. The molecule has 4 rings (SSSR count). The zero-order chi connectivity index (χ0) is 18.3. The van der Waals surface area contributed by atoms with Crippen molar-refractivity contribution in [2.45, 2.75) is 58.7 Å². The van der Waals surface area contributed by atoms with Crippen molar-refractivity contribution in [1.29, 1.82) is 0 Å². The molecule has 5 unspecified atom stereocenters. The van der Waals surface area contributed by atoms with Crippen molar-refractivity contribution >= 4 is 29.9 Å². The number of hydrogen-bond acceptors (Lipinski definition) is 3. The van der Waals surface area contributed by atoms with Crippen LogP contribution in [-0.2, 0) is 4.74 Å². The standard InChI is InChI=1S/C20H33N5O.HI/c1-5-22-19(23-17-15-7-11-26-18(15)20(17,3)4)24-9-6-14(2)16(12-24)25-10-8-21-13-25;/h8,10,13-18H,5-7,9,11-12H2,1-4H3,(H,22,23);1H. The monoisotopic (exact) mass is 487 g/mol. The van der Waals surface area contributed by atoms with Gasteiger partial charge in [0.15, 0.2) is 5.96 Å². The number of imidazole rings is 1. The van der Waals surface area contributed by atoms with Gasteiger partial charge in [0.1, 0.15) is 0 Å². The zero-order valence-corrected chi connectivity index (χ0v) is 19.3. The third-order valence-electron chi connectivity index (χ3n) is 6.82. The van der Waals surface area contributed by atoms with Crippen LogP contribution in [0.15, 0.2) is 23.7 Å². The highest BCUT2D eigenvalue weighted by Gasteiger charge is 2.59. The summed E-state index contributed by atoms with van der Waals surface area (Å²) >= 11 is 0. The van der Waals surface area contributed by atoms with Gasteiger partial charge in [0.05, 0.1) is 18.5 Å². The van der Waals surface area contributed by atoms with Crippen LogP contribution in [-0.4, -0.2) is 58.8 Å². The Hall–Kier alpha value is -0.830. The highest BCUT2D eigenvalue weighted by molar-refractivity contribution is 14.0. The maximum atomic E-state index is 5.96. The first kappa shape index (κ1) is 20.9. The molecule has 3 aliphatic rings. The number of fused-ring (bicyclic) bond motifs is 1. The van der Waals surface area contributed by atoms with Gasteiger partial charge < -0.3 is 19.5 Å². The van der Waals surface area contributed by atoms with Crippen LogP contribution in [0.1, 0.15) is 46.6 Å². The minimum atomic E-state index is 0. The molecule has 0 amide bonds. The van der Waals surface area contributed by atoms with E-state index < -0.39 is 0 Å². The van der Waals surface area contributed by atoms with Gasteiger partial charge in [-0.3, -0.25) is 4.99 Å². The number of rotatable bonds is 3. The lowest BCUT2D eigenvalue weighted by molar-refractivity contribution is -0.107. The number of guanidine groups is 1. The fourth-order valence-electron chi connectivity index (χ4n) is 5.24. The molecule has 1 N–H and O–H groups in total. The summed E-state index contributed by atoms with van der Waals surface area (Å²) in [6.07, 6.45) is 8.66. The molecule has 0 spiro atoms. The summed E-state index contributed by atoms with van der Waals surface area (Å²) in [4.78, 5) is 11.6. The van der Waals surface area contributed by atoms with Crippen LogP contribution >= 0.6 is 24.0 Å². The molecule has 1 aliphatic carbocycles. The molecule has 5 atom stereocenters. The first-order valence-corrected chi connectivity index (χ1v) is 10.2. The number of nitrogens with one attached hydrogen (secondary N) is 1. The lowest BCUT2D eigenvalue weighted by atomic mass is 9.57. The molecule has 2 aliphatic heterocycles. The van der Waals surface area contributed by atoms with E-state index in [-0.39, 0.29) is 29.4 Å². The summed E-state index contributed by atoms with van der Waals surface area (Å²) in [5, 5.41) is 3.84.